The Morgan fingerprint density at radius 1 is 1.00 bits per heavy atom. The first-order chi connectivity index (χ1) is 15.1. The van der Waals surface area contributed by atoms with Crippen LogP contribution < -0.4 is 0 Å². The Hall–Kier alpha value is -3.78. The van der Waals surface area contributed by atoms with Crippen molar-refractivity contribution in [3.8, 4) is 16.4 Å². The number of carbonyl (C=O) groups is 2. The molecular formula is C23H18N4O3S. The summed E-state index contributed by atoms with van der Waals surface area (Å²) in [6.45, 7) is 0.293. The van der Waals surface area contributed by atoms with E-state index in [0.717, 1.165) is 16.1 Å². The molecule has 31 heavy (non-hydrogen) atoms. The molecule has 2 aromatic carbocycles. The van der Waals surface area contributed by atoms with E-state index < -0.39 is 17.9 Å². The van der Waals surface area contributed by atoms with Crippen LogP contribution in [-0.2, 0) is 11.2 Å². The zero-order valence-corrected chi connectivity index (χ0v) is 17.2. The number of fused-ring (bicyclic) bond motifs is 1. The summed E-state index contributed by atoms with van der Waals surface area (Å²) in [6, 6.07) is 19.6. The summed E-state index contributed by atoms with van der Waals surface area (Å²) in [5, 5.41) is 16.3. The molecule has 154 valence electrons. The Labute approximate surface area is 182 Å². The van der Waals surface area contributed by atoms with E-state index in [0.29, 0.717) is 24.4 Å². The zero-order chi connectivity index (χ0) is 21.4. The standard InChI is InChI=1S/C23H18N4O3S/c28-22(26-13-12-15-7-4-5-10-17(15)19(26)23(29)30)20-24-21(18-11-6-14-31-18)27(25-20)16-8-2-1-3-9-16/h1-11,14,19H,12-13H2,(H,29,30). The molecule has 0 saturated heterocycles. The van der Waals surface area contributed by atoms with Crippen LogP contribution in [-0.4, -0.2) is 43.2 Å². The van der Waals surface area contributed by atoms with Gasteiger partial charge in [0.2, 0.25) is 5.82 Å². The summed E-state index contributed by atoms with van der Waals surface area (Å²) >= 11 is 1.50. The Morgan fingerprint density at radius 2 is 1.77 bits per heavy atom. The van der Waals surface area contributed by atoms with Crippen LogP contribution in [0.4, 0.5) is 0 Å². The van der Waals surface area contributed by atoms with Gasteiger partial charge >= 0.3 is 5.97 Å². The summed E-state index contributed by atoms with van der Waals surface area (Å²) < 4.78 is 1.63. The molecule has 0 spiro atoms. The van der Waals surface area contributed by atoms with Gasteiger partial charge in [0.25, 0.3) is 5.91 Å². The van der Waals surface area contributed by atoms with Gasteiger partial charge in [-0.25, -0.2) is 14.5 Å². The molecule has 0 aliphatic carbocycles. The fraction of sp³-hybridized carbons (Fsp3) is 0.130. The molecule has 0 saturated carbocycles. The highest BCUT2D eigenvalue weighted by atomic mass is 32.1. The molecule has 5 rings (SSSR count). The Bertz CT molecular complexity index is 1250. The number of benzene rings is 2. The van der Waals surface area contributed by atoms with Gasteiger partial charge < -0.3 is 10.0 Å². The molecule has 0 radical (unpaired) electrons. The van der Waals surface area contributed by atoms with Gasteiger partial charge in [-0.05, 0) is 41.1 Å². The molecule has 1 atom stereocenters. The lowest BCUT2D eigenvalue weighted by molar-refractivity contribution is -0.143. The van der Waals surface area contributed by atoms with Gasteiger partial charge in [0.05, 0.1) is 10.6 Å². The van der Waals surface area contributed by atoms with E-state index >= 15 is 0 Å². The number of hydrogen-bond acceptors (Lipinski definition) is 5. The minimum atomic E-state index is -1.07. The highest BCUT2D eigenvalue weighted by Crippen LogP contribution is 2.32. The number of hydrogen-bond donors (Lipinski definition) is 1. The fourth-order valence-electron chi connectivity index (χ4n) is 3.90. The third-order valence-electron chi connectivity index (χ3n) is 5.32. The number of carboxylic acids is 1. The van der Waals surface area contributed by atoms with E-state index in [1.165, 1.54) is 16.2 Å². The van der Waals surface area contributed by atoms with Crippen LogP contribution in [0.1, 0.15) is 27.8 Å². The van der Waals surface area contributed by atoms with Crippen molar-refractivity contribution in [1.29, 1.82) is 0 Å². The van der Waals surface area contributed by atoms with Crippen molar-refractivity contribution in [2.75, 3.05) is 6.54 Å². The largest absolute Gasteiger partial charge is 0.479 e. The van der Waals surface area contributed by atoms with Crippen LogP contribution in [0.2, 0.25) is 0 Å². The van der Waals surface area contributed by atoms with Crippen LogP contribution in [0.25, 0.3) is 16.4 Å². The Kier molecular flexibility index (Phi) is 4.83. The average Bonchev–Trinajstić information content (AvgIpc) is 3.48. The fourth-order valence-corrected chi connectivity index (χ4v) is 4.60. The summed E-state index contributed by atoms with van der Waals surface area (Å²) in [6.07, 6.45) is 0.586. The highest BCUT2D eigenvalue weighted by Gasteiger charge is 2.38. The van der Waals surface area contributed by atoms with Crippen molar-refractivity contribution in [1.82, 2.24) is 19.7 Å². The molecule has 4 aromatic rings. The quantitative estimate of drug-likeness (QED) is 0.532. The first-order valence-corrected chi connectivity index (χ1v) is 10.7. The van der Waals surface area contributed by atoms with E-state index in [9.17, 15) is 14.7 Å². The lowest BCUT2D eigenvalue weighted by Crippen LogP contribution is -2.44. The first-order valence-electron chi connectivity index (χ1n) is 9.81. The third-order valence-corrected chi connectivity index (χ3v) is 6.18. The SMILES string of the molecule is O=C(O)C1c2ccccc2CCN1C(=O)c1nc(-c2cccs2)n(-c2ccccc2)n1. The minimum absolute atomic E-state index is 0.0158. The molecular weight excluding hydrogens is 412 g/mol. The van der Waals surface area contributed by atoms with Crippen molar-refractivity contribution >= 4 is 23.2 Å². The topological polar surface area (TPSA) is 88.3 Å². The second-order valence-electron chi connectivity index (χ2n) is 7.17. The number of carboxylic acid groups (broad SMARTS) is 1. The van der Waals surface area contributed by atoms with Crippen LogP contribution in [0.3, 0.4) is 0 Å². The van der Waals surface area contributed by atoms with Gasteiger partial charge in [-0.1, -0.05) is 48.5 Å². The maximum atomic E-state index is 13.4. The second-order valence-corrected chi connectivity index (χ2v) is 8.12. The normalized spacial score (nSPS) is 15.5. The van der Waals surface area contributed by atoms with Crippen molar-refractivity contribution < 1.29 is 14.7 Å². The zero-order valence-electron chi connectivity index (χ0n) is 16.4. The predicted octanol–water partition coefficient (Wildman–Crippen LogP) is 3.82. The molecule has 8 heteroatoms. The van der Waals surface area contributed by atoms with E-state index in [2.05, 4.69) is 10.1 Å². The number of rotatable bonds is 4. The van der Waals surface area contributed by atoms with Crippen LogP contribution in [0.5, 0.6) is 0 Å². The summed E-state index contributed by atoms with van der Waals surface area (Å²) in [7, 11) is 0. The monoisotopic (exact) mass is 430 g/mol. The lowest BCUT2D eigenvalue weighted by Gasteiger charge is -2.34. The molecule has 1 amide bonds. The predicted molar refractivity (Wildman–Crippen MR) is 116 cm³/mol. The Morgan fingerprint density at radius 3 is 2.52 bits per heavy atom. The molecule has 1 N–H and O–H groups in total. The van der Waals surface area contributed by atoms with Gasteiger partial charge in [0.15, 0.2) is 11.9 Å². The number of carbonyl (C=O) groups excluding carboxylic acids is 1. The number of aliphatic carboxylic acids is 1. The van der Waals surface area contributed by atoms with Crippen LogP contribution in [0, 0.1) is 0 Å². The molecule has 2 aromatic heterocycles. The highest BCUT2D eigenvalue weighted by molar-refractivity contribution is 7.13. The molecule has 3 heterocycles. The van der Waals surface area contributed by atoms with E-state index in [4.69, 9.17) is 0 Å². The second kappa shape index (κ2) is 7.81. The van der Waals surface area contributed by atoms with Crippen molar-refractivity contribution in [3.63, 3.8) is 0 Å². The summed E-state index contributed by atoms with van der Waals surface area (Å²) in [4.78, 5) is 32.3. The van der Waals surface area contributed by atoms with Gasteiger partial charge in [-0.15, -0.1) is 16.4 Å². The van der Waals surface area contributed by atoms with E-state index in [1.54, 1.807) is 16.8 Å². The maximum Gasteiger partial charge on any atom is 0.331 e. The number of para-hydroxylation sites is 1. The van der Waals surface area contributed by atoms with E-state index in [-0.39, 0.29) is 5.82 Å². The molecule has 0 bridgehead atoms. The minimum Gasteiger partial charge on any atom is -0.479 e. The van der Waals surface area contributed by atoms with Crippen LogP contribution >= 0.6 is 11.3 Å². The van der Waals surface area contributed by atoms with Crippen LogP contribution in [0.15, 0.2) is 72.1 Å². The maximum absolute atomic E-state index is 13.4. The summed E-state index contributed by atoms with van der Waals surface area (Å²) in [5.41, 5.74) is 2.35. The number of nitrogens with zero attached hydrogens (tertiary/aromatic N) is 4. The van der Waals surface area contributed by atoms with Crippen molar-refractivity contribution in [2.24, 2.45) is 0 Å². The number of amides is 1. The molecule has 7 nitrogen and oxygen atoms in total. The van der Waals surface area contributed by atoms with Crippen molar-refractivity contribution in [2.45, 2.75) is 12.5 Å². The average molecular weight is 430 g/mol. The first kappa shape index (κ1) is 19.2. The molecule has 0 fully saturated rings. The lowest BCUT2D eigenvalue weighted by atomic mass is 9.92. The number of aromatic nitrogens is 3. The molecule has 1 aliphatic rings. The van der Waals surface area contributed by atoms with E-state index in [1.807, 2.05) is 60.0 Å². The molecule has 1 aliphatic heterocycles. The summed E-state index contributed by atoms with van der Waals surface area (Å²) in [5.74, 6) is -1.03. The smallest absolute Gasteiger partial charge is 0.331 e. The Balaban J connectivity index is 1.58. The van der Waals surface area contributed by atoms with Crippen molar-refractivity contribution in [3.05, 3.63) is 89.1 Å². The molecule has 1 unspecified atom stereocenters. The van der Waals surface area contributed by atoms with Gasteiger partial charge in [0, 0.05) is 6.54 Å². The number of thiophene rings is 1. The van der Waals surface area contributed by atoms with Gasteiger partial charge in [-0.2, -0.15) is 0 Å². The third kappa shape index (κ3) is 3.40. The van der Waals surface area contributed by atoms with Gasteiger partial charge in [-0.3, -0.25) is 4.79 Å². The van der Waals surface area contributed by atoms with Gasteiger partial charge in [0.1, 0.15) is 0 Å².